The number of aryl methyl sites for hydroxylation is 2. The molecule has 3 unspecified atom stereocenters. The molecular formula is C36H46ClN6O12P. The zero-order valence-electron chi connectivity index (χ0n) is 31.8. The Bertz CT molecular complexity index is 1980. The monoisotopic (exact) mass is 820 g/mol. The highest BCUT2D eigenvalue weighted by atomic mass is 35.5. The minimum Gasteiger partial charge on any atom is -0.461 e. The number of para-hydroxylation sites is 1. The second-order valence-electron chi connectivity index (χ2n) is 13.6. The molecule has 5 rings (SSSR count). The molecule has 0 spiro atoms. The summed E-state index contributed by atoms with van der Waals surface area (Å²) in [6, 6.07) is 8.47. The highest BCUT2D eigenvalue weighted by Crippen LogP contribution is 2.37. The fourth-order valence-electron chi connectivity index (χ4n) is 5.66. The van der Waals surface area contributed by atoms with Gasteiger partial charge >= 0.3 is 32.4 Å². The lowest BCUT2D eigenvalue weighted by atomic mass is 9.98. The summed E-state index contributed by atoms with van der Waals surface area (Å²) >= 11 is 6.25. The molecule has 2 N–H and O–H groups in total. The number of halogens is 1. The zero-order valence-corrected chi connectivity index (χ0v) is 33.4. The summed E-state index contributed by atoms with van der Waals surface area (Å²) in [7, 11) is -0.221. The van der Waals surface area contributed by atoms with E-state index in [2.05, 4.69) is 25.4 Å². The second kappa shape index (κ2) is 20.0. The van der Waals surface area contributed by atoms with Crippen LogP contribution in [0.1, 0.15) is 77.2 Å². The summed E-state index contributed by atoms with van der Waals surface area (Å²) < 4.78 is 45.7. The van der Waals surface area contributed by atoms with Gasteiger partial charge in [0.15, 0.2) is 35.1 Å². The average molecular weight is 821 g/mol. The lowest BCUT2D eigenvalue weighted by Crippen LogP contribution is -2.36. The molecule has 1 fully saturated rings. The van der Waals surface area contributed by atoms with Crippen LogP contribution in [0, 0.1) is 6.92 Å². The lowest BCUT2D eigenvalue weighted by Gasteiger charge is -2.26. The third kappa shape index (κ3) is 12.7. The maximum Gasteiger partial charge on any atom is 0.519 e. The Balaban J connectivity index is 1.15. The normalized spacial score (nSPS) is 15.2. The molecule has 0 bridgehead atoms. The molecule has 1 aromatic carbocycles. The number of nitrogens with zero attached hydrogens (tertiary/aromatic N) is 4. The molecule has 0 radical (unpaired) electrons. The Hall–Kier alpha value is -4.61. The van der Waals surface area contributed by atoms with E-state index in [4.69, 9.17) is 48.4 Å². The van der Waals surface area contributed by atoms with Crippen LogP contribution in [0.3, 0.4) is 0 Å². The summed E-state index contributed by atoms with van der Waals surface area (Å²) in [6.07, 6.45) is 5.22. The maximum atomic E-state index is 12.9. The molecule has 1 amide bonds. The fourth-order valence-corrected chi connectivity index (χ4v) is 7.04. The molecule has 0 aliphatic heterocycles. The third-order valence-corrected chi connectivity index (χ3v) is 10.1. The molecule has 0 saturated heterocycles. The molecule has 20 heteroatoms. The molecule has 56 heavy (non-hydrogen) atoms. The number of benzene rings is 1. The van der Waals surface area contributed by atoms with Crippen molar-refractivity contribution in [2.45, 2.75) is 110 Å². The van der Waals surface area contributed by atoms with Crippen LogP contribution in [-0.2, 0) is 46.2 Å². The van der Waals surface area contributed by atoms with Crippen molar-refractivity contribution in [1.29, 1.82) is 0 Å². The zero-order chi connectivity index (χ0) is 40.2. The van der Waals surface area contributed by atoms with Gasteiger partial charge in [0.1, 0.15) is 23.5 Å². The van der Waals surface area contributed by atoms with Gasteiger partial charge in [0.05, 0.1) is 25.5 Å². The van der Waals surface area contributed by atoms with Gasteiger partial charge in [-0.1, -0.05) is 24.6 Å². The van der Waals surface area contributed by atoms with Crippen LogP contribution < -0.4 is 20.8 Å². The number of amides is 1. The van der Waals surface area contributed by atoms with Gasteiger partial charge in [-0.2, -0.15) is 9.97 Å². The van der Waals surface area contributed by atoms with Crippen LogP contribution in [0.2, 0.25) is 5.28 Å². The number of nitrogens with one attached hydrogen (secondary N) is 2. The molecule has 304 valence electrons. The minimum atomic E-state index is -1.78. The number of anilines is 1. The van der Waals surface area contributed by atoms with E-state index in [1.54, 1.807) is 30.7 Å². The summed E-state index contributed by atoms with van der Waals surface area (Å²) in [5, 5.41) is 5.53. The molecule has 3 heterocycles. The Labute approximate surface area is 328 Å². The summed E-state index contributed by atoms with van der Waals surface area (Å²) in [6.45, 7) is 6.41. The van der Waals surface area contributed by atoms with Gasteiger partial charge in [0.25, 0.3) is 0 Å². The molecule has 18 nitrogen and oxygen atoms in total. The van der Waals surface area contributed by atoms with Crippen LogP contribution >= 0.6 is 20.1 Å². The van der Waals surface area contributed by atoms with Gasteiger partial charge in [0.2, 0.25) is 5.28 Å². The van der Waals surface area contributed by atoms with E-state index in [1.807, 2.05) is 18.2 Å². The van der Waals surface area contributed by atoms with E-state index in [9.17, 15) is 19.2 Å². The number of fused-ring (bicyclic) bond motifs is 1. The fraction of sp³-hybridized carbons (Fsp3) is 0.528. The topological polar surface area (TPSA) is 218 Å². The molecule has 3 aromatic heterocycles. The molecule has 4 aromatic rings. The SMILES string of the molecule is COC(CCn1cnc2c(NC(=O)OC(C)(C)CC(=O)OCc3oc(=O)oc3C)nc(Cl)nc21)COP(NC(C)C(=O)OC1CCCCC1)Oc1ccccc1. The number of carbonyl (C=O) groups is 3. The predicted molar refractivity (Wildman–Crippen MR) is 202 cm³/mol. The quantitative estimate of drug-likeness (QED) is 0.0454. The first-order valence-electron chi connectivity index (χ1n) is 18.1. The maximum absolute atomic E-state index is 12.9. The van der Waals surface area contributed by atoms with E-state index in [0.29, 0.717) is 24.4 Å². The summed E-state index contributed by atoms with van der Waals surface area (Å²) in [5.74, 6) is -1.15. The van der Waals surface area contributed by atoms with E-state index in [0.717, 1.165) is 32.1 Å². The Kier molecular flexibility index (Phi) is 15.2. The first kappa shape index (κ1) is 42.5. The van der Waals surface area contributed by atoms with Crippen molar-refractivity contribution < 1.29 is 51.2 Å². The van der Waals surface area contributed by atoms with Gasteiger partial charge in [-0.15, -0.1) is 0 Å². The number of methoxy groups -OCH3 is 1. The first-order valence-corrected chi connectivity index (χ1v) is 19.6. The minimum absolute atomic E-state index is 0.00915. The lowest BCUT2D eigenvalue weighted by molar-refractivity contribution is -0.152. The number of hydrogen-bond acceptors (Lipinski definition) is 16. The van der Waals surface area contributed by atoms with Crippen molar-refractivity contribution in [2.24, 2.45) is 0 Å². The highest BCUT2D eigenvalue weighted by Gasteiger charge is 2.30. The van der Waals surface area contributed by atoms with Crippen LogP contribution in [0.15, 0.2) is 50.3 Å². The number of aromatic nitrogens is 4. The summed E-state index contributed by atoms with van der Waals surface area (Å²) in [5.41, 5.74) is -0.733. The van der Waals surface area contributed by atoms with Crippen molar-refractivity contribution in [1.82, 2.24) is 24.6 Å². The standard InChI is InChI=1S/C36H46ClN6O12P/c1-22(32(45)52-24-12-8-6-9-13-24)42-56(55-25-14-10-7-11-15-25)50-19-26(48-5)16-17-43-21-38-29-30(39-33(37)41-31(29)43)40-34(46)54-36(3,4)18-28(44)49-20-27-23(2)51-35(47)53-27/h7,10-11,14-15,21-22,24,26,42H,6,8-9,12-13,16-20H2,1-5H3,(H,39,40,41,46). The first-order chi connectivity index (χ1) is 26.8. The van der Waals surface area contributed by atoms with Crippen LogP contribution in [0.5, 0.6) is 5.75 Å². The molecular weight excluding hydrogens is 775 g/mol. The van der Waals surface area contributed by atoms with Gasteiger partial charge in [0, 0.05) is 13.7 Å². The van der Waals surface area contributed by atoms with Gasteiger partial charge in [-0.3, -0.25) is 14.9 Å². The number of esters is 2. The van der Waals surface area contributed by atoms with Crippen LogP contribution in [-0.4, -0.2) is 75.1 Å². The average Bonchev–Trinajstić information content (AvgIpc) is 3.71. The number of carbonyl (C=O) groups excluding carboxylic acids is 3. The van der Waals surface area contributed by atoms with E-state index in [-0.39, 0.29) is 59.8 Å². The molecule has 1 aliphatic carbocycles. The van der Waals surface area contributed by atoms with Crippen molar-refractivity contribution in [2.75, 3.05) is 19.0 Å². The van der Waals surface area contributed by atoms with Crippen molar-refractivity contribution >= 4 is 55.1 Å². The number of ether oxygens (including phenoxy) is 4. The largest absolute Gasteiger partial charge is 0.519 e. The Morgan fingerprint density at radius 2 is 1.86 bits per heavy atom. The molecule has 1 aliphatic rings. The third-order valence-electron chi connectivity index (χ3n) is 8.62. The Morgan fingerprint density at radius 3 is 2.55 bits per heavy atom. The number of hydrogen-bond donors (Lipinski definition) is 2. The number of imidazole rings is 1. The van der Waals surface area contributed by atoms with Gasteiger partial charge in [-0.25, -0.2) is 19.7 Å². The summed E-state index contributed by atoms with van der Waals surface area (Å²) in [4.78, 5) is 62.3. The van der Waals surface area contributed by atoms with Crippen molar-refractivity contribution in [3.63, 3.8) is 0 Å². The smallest absolute Gasteiger partial charge is 0.461 e. The van der Waals surface area contributed by atoms with Crippen LogP contribution in [0.25, 0.3) is 11.2 Å². The van der Waals surface area contributed by atoms with Crippen LogP contribution in [0.4, 0.5) is 10.6 Å². The predicted octanol–water partition coefficient (Wildman–Crippen LogP) is 6.38. The van der Waals surface area contributed by atoms with Crippen molar-refractivity contribution in [3.05, 3.63) is 64.1 Å². The van der Waals surface area contributed by atoms with E-state index in [1.165, 1.54) is 27.1 Å². The highest BCUT2D eigenvalue weighted by molar-refractivity contribution is 7.45. The Morgan fingerprint density at radius 1 is 1.11 bits per heavy atom. The number of rotatable bonds is 19. The van der Waals surface area contributed by atoms with E-state index < -0.39 is 44.2 Å². The van der Waals surface area contributed by atoms with Crippen molar-refractivity contribution in [3.8, 4) is 5.75 Å². The van der Waals surface area contributed by atoms with Gasteiger partial charge < -0.3 is 41.4 Å². The molecule has 3 atom stereocenters. The van der Waals surface area contributed by atoms with E-state index >= 15 is 0 Å². The second-order valence-corrected chi connectivity index (χ2v) is 15.2. The molecule has 1 saturated carbocycles. The van der Waals surface area contributed by atoms with Gasteiger partial charge in [-0.05, 0) is 83.5 Å².